The number of carboxylic acids is 1. The number of hydrogen-bond acceptors (Lipinski definition) is 3. The van der Waals surface area contributed by atoms with Crippen LogP contribution in [-0.2, 0) is 9.59 Å². The maximum Gasteiger partial charge on any atom is 0.303 e. The summed E-state index contributed by atoms with van der Waals surface area (Å²) in [5.74, 6) is -0.807. The molecule has 5 nitrogen and oxygen atoms in total. The van der Waals surface area contributed by atoms with Gasteiger partial charge in [-0.05, 0) is 24.2 Å². The van der Waals surface area contributed by atoms with Crippen molar-refractivity contribution in [2.45, 2.75) is 64.8 Å². The molecule has 20 heavy (non-hydrogen) atoms. The zero-order valence-electron chi connectivity index (χ0n) is 12.7. The Labute approximate surface area is 121 Å². The molecule has 0 bridgehead atoms. The van der Waals surface area contributed by atoms with E-state index in [4.69, 9.17) is 10.8 Å². The van der Waals surface area contributed by atoms with Crippen molar-refractivity contribution in [2.24, 2.45) is 17.1 Å². The van der Waals surface area contributed by atoms with Crippen LogP contribution in [0.3, 0.4) is 0 Å². The van der Waals surface area contributed by atoms with Crippen LogP contribution in [0.15, 0.2) is 0 Å². The van der Waals surface area contributed by atoms with Crippen molar-refractivity contribution in [3.05, 3.63) is 0 Å². The van der Waals surface area contributed by atoms with E-state index in [-0.39, 0.29) is 23.7 Å². The zero-order valence-corrected chi connectivity index (χ0v) is 12.7. The maximum absolute atomic E-state index is 12.0. The summed E-state index contributed by atoms with van der Waals surface area (Å²) < 4.78 is 0. The Morgan fingerprint density at radius 1 is 1.30 bits per heavy atom. The van der Waals surface area contributed by atoms with Gasteiger partial charge in [-0.15, -0.1) is 0 Å². The van der Waals surface area contributed by atoms with Crippen LogP contribution >= 0.6 is 0 Å². The van der Waals surface area contributed by atoms with Gasteiger partial charge in [0.15, 0.2) is 0 Å². The molecule has 0 aliphatic heterocycles. The van der Waals surface area contributed by atoms with Crippen LogP contribution in [0.4, 0.5) is 0 Å². The van der Waals surface area contributed by atoms with Crippen molar-refractivity contribution in [3.63, 3.8) is 0 Å². The lowest BCUT2D eigenvalue weighted by atomic mass is 9.71. The fourth-order valence-electron chi connectivity index (χ4n) is 2.94. The lowest BCUT2D eigenvalue weighted by molar-refractivity contribution is -0.140. The molecule has 0 spiro atoms. The first-order valence-corrected chi connectivity index (χ1v) is 7.65. The second-order valence-electron chi connectivity index (χ2n) is 6.26. The van der Waals surface area contributed by atoms with E-state index in [0.29, 0.717) is 6.54 Å². The highest BCUT2D eigenvalue weighted by Gasteiger charge is 2.35. The van der Waals surface area contributed by atoms with Gasteiger partial charge in [0.2, 0.25) is 5.91 Å². The minimum Gasteiger partial charge on any atom is -0.481 e. The van der Waals surface area contributed by atoms with E-state index >= 15 is 0 Å². The first kappa shape index (κ1) is 17.0. The Morgan fingerprint density at radius 2 is 1.90 bits per heavy atom. The number of nitrogens with one attached hydrogen (secondary N) is 1. The Hall–Kier alpha value is -1.10. The summed E-state index contributed by atoms with van der Waals surface area (Å²) in [4.78, 5) is 23.1. The third-order valence-electron chi connectivity index (χ3n) is 4.64. The fraction of sp³-hybridized carbons (Fsp3) is 0.867. The first-order chi connectivity index (χ1) is 9.40. The molecule has 0 aromatic carbocycles. The maximum atomic E-state index is 12.0. The molecule has 4 N–H and O–H groups in total. The molecule has 5 heteroatoms. The Bertz CT molecular complexity index is 338. The molecule has 1 amide bonds. The van der Waals surface area contributed by atoms with E-state index in [1.165, 1.54) is 0 Å². The molecule has 0 saturated heterocycles. The van der Waals surface area contributed by atoms with Gasteiger partial charge in [0.05, 0.1) is 12.5 Å². The molecule has 1 aliphatic carbocycles. The number of carboxylic acid groups (broad SMARTS) is 1. The highest BCUT2D eigenvalue weighted by Crippen LogP contribution is 2.38. The molecule has 1 saturated carbocycles. The number of aliphatic carboxylic acids is 1. The van der Waals surface area contributed by atoms with Crippen molar-refractivity contribution in [1.82, 2.24) is 5.32 Å². The van der Waals surface area contributed by atoms with Crippen molar-refractivity contribution in [2.75, 3.05) is 6.54 Å². The Morgan fingerprint density at radius 3 is 2.40 bits per heavy atom. The summed E-state index contributed by atoms with van der Waals surface area (Å²) in [6.07, 6.45) is 5.97. The highest BCUT2D eigenvalue weighted by molar-refractivity contribution is 5.81. The van der Waals surface area contributed by atoms with Gasteiger partial charge in [-0.2, -0.15) is 0 Å². The molecule has 2 atom stereocenters. The van der Waals surface area contributed by atoms with Crippen LogP contribution < -0.4 is 11.1 Å². The summed E-state index contributed by atoms with van der Waals surface area (Å²) in [5.41, 5.74) is 5.62. The largest absolute Gasteiger partial charge is 0.481 e. The molecule has 1 rings (SSSR count). The molecule has 116 valence electrons. The Balaban J connectivity index is 2.58. The fourth-order valence-corrected chi connectivity index (χ4v) is 2.94. The minimum absolute atomic E-state index is 0.131. The average molecular weight is 284 g/mol. The number of hydrogen-bond donors (Lipinski definition) is 3. The predicted octanol–water partition coefficient (Wildman–Crippen LogP) is 1.90. The average Bonchev–Trinajstić information content (AvgIpc) is 2.43. The van der Waals surface area contributed by atoms with Gasteiger partial charge in [-0.25, -0.2) is 0 Å². The summed E-state index contributed by atoms with van der Waals surface area (Å²) >= 11 is 0. The van der Waals surface area contributed by atoms with Gasteiger partial charge in [-0.3, -0.25) is 9.59 Å². The number of amides is 1. The van der Waals surface area contributed by atoms with Crippen molar-refractivity contribution < 1.29 is 14.7 Å². The molecule has 0 radical (unpaired) electrons. The van der Waals surface area contributed by atoms with Crippen molar-refractivity contribution >= 4 is 11.9 Å². The summed E-state index contributed by atoms with van der Waals surface area (Å²) in [7, 11) is 0. The van der Waals surface area contributed by atoms with Gasteiger partial charge in [0, 0.05) is 6.54 Å². The van der Waals surface area contributed by atoms with Crippen LogP contribution in [0.25, 0.3) is 0 Å². The summed E-state index contributed by atoms with van der Waals surface area (Å²) in [5, 5.41) is 12.0. The van der Waals surface area contributed by atoms with E-state index in [0.717, 1.165) is 38.5 Å². The monoisotopic (exact) mass is 284 g/mol. The molecular formula is C15H28N2O3. The minimum atomic E-state index is -0.785. The quantitative estimate of drug-likeness (QED) is 0.665. The smallest absolute Gasteiger partial charge is 0.303 e. The Kier molecular flexibility index (Phi) is 6.46. The number of carbonyl (C=O) groups excluding carboxylic acids is 1. The lowest BCUT2D eigenvalue weighted by Gasteiger charge is -2.36. The van der Waals surface area contributed by atoms with E-state index in [1.54, 1.807) is 0 Å². The molecule has 2 unspecified atom stereocenters. The number of rotatable bonds is 7. The van der Waals surface area contributed by atoms with Crippen molar-refractivity contribution in [1.29, 1.82) is 0 Å². The summed E-state index contributed by atoms with van der Waals surface area (Å²) in [6, 6.07) is -0.509. The molecule has 1 aliphatic rings. The van der Waals surface area contributed by atoms with E-state index < -0.39 is 12.0 Å². The van der Waals surface area contributed by atoms with Gasteiger partial charge < -0.3 is 16.2 Å². The van der Waals surface area contributed by atoms with E-state index in [9.17, 15) is 9.59 Å². The third kappa shape index (κ3) is 4.78. The van der Waals surface area contributed by atoms with Gasteiger partial charge in [0.25, 0.3) is 0 Å². The van der Waals surface area contributed by atoms with Crippen molar-refractivity contribution in [3.8, 4) is 0 Å². The molecule has 0 aromatic heterocycles. The van der Waals surface area contributed by atoms with Crippen LogP contribution in [0.1, 0.15) is 58.8 Å². The number of carbonyl (C=O) groups is 2. The SMILES string of the molecule is CCC(C)C(N)C(=O)NCC1(CC(=O)O)CCCCC1. The van der Waals surface area contributed by atoms with E-state index in [2.05, 4.69) is 5.32 Å². The molecule has 1 fully saturated rings. The summed E-state index contributed by atoms with van der Waals surface area (Å²) in [6.45, 7) is 4.39. The topological polar surface area (TPSA) is 92.4 Å². The standard InChI is InChI=1S/C15H28N2O3/c1-3-11(2)13(16)14(20)17-10-15(9-12(18)19)7-5-4-6-8-15/h11,13H,3-10,16H2,1-2H3,(H,17,20)(H,18,19). The molecule has 0 aromatic rings. The normalized spacial score (nSPS) is 20.9. The van der Waals surface area contributed by atoms with Gasteiger partial charge in [-0.1, -0.05) is 39.5 Å². The predicted molar refractivity (Wildman–Crippen MR) is 78.2 cm³/mol. The second-order valence-corrected chi connectivity index (χ2v) is 6.26. The molecular weight excluding hydrogens is 256 g/mol. The third-order valence-corrected chi connectivity index (χ3v) is 4.64. The zero-order chi connectivity index (χ0) is 15.2. The van der Waals surface area contributed by atoms with E-state index in [1.807, 2.05) is 13.8 Å². The first-order valence-electron chi connectivity index (χ1n) is 7.65. The second kappa shape index (κ2) is 7.62. The van der Waals surface area contributed by atoms with Crippen LogP contribution in [0, 0.1) is 11.3 Å². The highest BCUT2D eigenvalue weighted by atomic mass is 16.4. The van der Waals surface area contributed by atoms with Crippen LogP contribution in [0.5, 0.6) is 0 Å². The lowest BCUT2D eigenvalue weighted by Crippen LogP contribution is -2.48. The van der Waals surface area contributed by atoms with Crippen LogP contribution in [-0.4, -0.2) is 29.6 Å². The van der Waals surface area contributed by atoms with Crippen LogP contribution in [0.2, 0.25) is 0 Å². The molecule has 0 heterocycles. The number of nitrogens with two attached hydrogens (primary N) is 1. The van der Waals surface area contributed by atoms with Gasteiger partial charge in [0.1, 0.15) is 0 Å². The van der Waals surface area contributed by atoms with Gasteiger partial charge >= 0.3 is 5.97 Å².